The van der Waals surface area contributed by atoms with Crippen LogP contribution >= 0.6 is 0 Å². The van der Waals surface area contributed by atoms with Crippen LogP contribution < -0.4 is 14.9 Å². The summed E-state index contributed by atoms with van der Waals surface area (Å²) in [6, 6.07) is 28.8. The molecule has 52 heavy (non-hydrogen) atoms. The lowest BCUT2D eigenvalue weighted by atomic mass is 10.0. The van der Waals surface area contributed by atoms with Gasteiger partial charge in [0.05, 0.1) is 43.0 Å². The topological polar surface area (TPSA) is 126 Å². The lowest BCUT2D eigenvalue weighted by Gasteiger charge is -2.08. The second-order valence-electron chi connectivity index (χ2n) is 12.2. The maximum absolute atomic E-state index is 12.6. The Morgan fingerprint density at radius 2 is 1.63 bits per heavy atom. The van der Waals surface area contributed by atoms with Crippen LogP contribution in [0.5, 0.6) is 17.2 Å². The highest BCUT2D eigenvalue weighted by molar-refractivity contribution is 6.08. The van der Waals surface area contributed by atoms with Crippen molar-refractivity contribution in [2.24, 2.45) is 0 Å². The summed E-state index contributed by atoms with van der Waals surface area (Å²) < 4.78 is 25.1. The molecular weight excluding hydrogens is 658 g/mol. The molecule has 0 radical (unpaired) electrons. The second-order valence-corrected chi connectivity index (χ2v) is 12.2. The zero-order valence-corrected chi connectivity index (χ0v) is 29.1. The highest BCUT2D eigenvalue weighted by Gasteiger charge is 2.10. The van der Waals surface area contributed by atoms with Crippen LogP contribution in [0.3, 0.4) is 0 Å². The van der Waals surface area contributed by atoms with Crippen molar-refractivity contribution in [2.75, 3.05) is 26.4 Å². The van der Waals surface area contributed by atoms with Crippen molar-refractivity contribution in [1.29, 1.82) is 0 Å². The molecule has 0 atom stereocenters. The van der Waals surface area contributed by atoms with Crippen molar-refractivity contribution in [2.45, 2.75) is 39.2 Å². The van der Waals surface area contributed by atoms with Crippen LogP contribution in [-0.2, 0) is 24.1 Å². The Balaban J connectivity index is 0.828. The molecule has 10 heteroatoms. The Morgan fingerprint density at radius 1 is 0.865 bits per heavy atom. The Bertz CT molecular complexity index is 2170. The standard InChI is InChI=1S/C42H41N3O7/c1-2-30-12-20-38(46)37(27-30)39(47)21-13-31-10-16-34(17-11-31)50-23-6-5-7-33-29-45(44-43-33)22-24-49-25-26-51-35-18-14-32(15-19-35)42-28-40(48)36-8-3-4-9-41(36)52-42/h3-4,8-21,27-29,46H,2,5-7,22-26H2,1H3/b21-13+. The normalized spacial score (nSPS) is 11.3. The minimum Gasteiger partial charge on any atom is -0.507 e. The predicted molar refractivity (Wildman–Crippen MR) is 200 cm³/mol. The number of hydrogen-bond acceptors (Lipinski definition) is 9. The number of benzene rings is 4. The zero-order chi connectivity index (χ0) is 36.1. The molecule has 2 heterocycles. The van der Waals surface area contributed by atoms with Crippen LogP contribution in [0, 0.1) is 0 Å². The van der Waals surface area contributed by atoms with Gasteiger partial charge in [0.25, 0.3) is 0 Å². The van der Waals surface area contributed by atoms with Crippen molar-refractivity contribution >= 4 is 22.8 Å². The predicted octanol–water partition coefficient (Wildman–Crippen LogP) is 7.71. The van der Waals surface area contributed by atoms with Crippen molar-refractivity contribution in [3.05, 3.63) is 142 Å². The van der Waals surface area contributed by atoms with E-state index in [1.54, 1.807) is 35.0 Å². The number of aromatic nitrogens is 3. The second kappa shape index (κ2) is 17.8. The number of unbranched alkanes of at least 4 members (excludes halogenated alkanes) is 1. The Hall–Kier alpha value is -6.00. The number of phenols is 1. The fourth-order valence-corrected chi connectivity index (χ4v) is 5.54. The SMILES string of the molecule is CCc1ccc(O)c(C(=O)/C=C/c2ccc(OCCCCc3cn(CCOCCOc4ccc(-c5cc(=O)c6ccccc6o5)cc4)nn3)cc2)c1. The van der Waals surface area contributed by atoms with Gasteiger partial charge in [0.15, 0.2) is 11.2 Å². The zero-order valence-electron chi connectivity index (χ0n) is 29.1. The third-order valence-corrected chi connectivity index (χ3v) is 8.46. The number of phenolic OH excluding ortho intramolecular Hbond substituents is 1. The number of allylic oxidation sites excluding steroid dienone is 1. The number of nitrogens with zero attached hydrogens (tertiary/aromatic N) is 3. The molecule has 6 rings (SSSR count). The molecule has 0 spiro atoms. The molecular formula is C42H41N3O7. The molecule has 6 aromatic rings. The molecule has 0 bridgehead atoms. The summed E-state index contributed by atoms with van der Waals surface area (Å²) in [7, 11) is 0. The first-order valence-electron chi connectivity index (χ1n) is 17.5. The average molecular weight is 700 g/mol. The van der Waals surface area contributed by atoms with Gasteiger partial charge in [0.1, 0.15) is 35.2 Å². The Kier molecular flexibility index (Phi) is 12.2. The fourth-order valence-electron chi connectivity index (χ4n) is 5.54. The van der Waals surface area contributed by atoms with Gasteiger partial charge >= 0.3 is 0 Å². The van der Waals surface area contributed by atoms with Gasteiger partial charge in [0, 0.05) is 17.8 Å². The number of para-hydroxylation sites is 1. The van der Waals surface area contributed by atoms with E-state index in [-0.39, 0.29) is 17.0 Å². The van der Waals surface area contributed by atoms with Crippen molar-refractivity contribution < 1.29 is 28.5 Å². The average Bonchev–Trinajstić information content (AvgIpc) is 3.63. The van der Waals surface area contributed by atoms with E-state index in [0.29, 0.717) is 61.0 Å². The molecule has 0 saturated heterocycles. The van der Waals surface area contributed by atoms with Gasteiger partial charge in [-0.2, -0.15) is 0 Å². The number of carbonyl (C=O) groups is 1. The van der Waals surface area contributed by atoms with Gasteiger partial charge in [-0.3, -0.25) is 9.59 Å². The number of aryl methyl sites for hydroxylation is 2. The molecule has 0 unspecified atom stereocenters. The molecule has 0 aliphatic carbocycles. The lowest BCUT2D eigenvalue weighted by Crippen LogP contribution is -2.11. The van der Waals surface area contributed by atoms with Crippen LogP contribution in [0.2, 0.25) is 0 Å². The summed E-state index contributed by atoms with van der Waals surface area (Å²) in [4.78, 5) is 25.0. The molecule has 0 aliphatic rings. The van der Waals surface area contributed by atoms with Gasteiger partial charge in [-0.1, -0.05) is 48.5 Å². The smallest absolute Gasteiger partial charge is 0.193 e. The molecule has 0 aliphatic heterocycles. The first-order chi connectivity index (χ1) is 25.4. The molecule has 0 fully saturated rings. The first kappa shape index (κ1) is 35.8. The number of ketones is 1. The van der Waals surface area contributed by atoms with Crippen molar-refractivity contribution in [1.82, 2.24) is 15.0 Å². The summed E-state index contributed by atoms with van der Waals surface area (Å²) in [5.41, 5.74) is 4.39. The summed E-state index contributed by atoms with van der Waals surface area (Å²) in [6.45, 7) is 4.50. The van der Waals surface area contributed by atoms with E-state index < -0.39 is 0 Å². The van der Waals surface area contributed by atoms with E-state index in [4.69, 9.17) is 18.6 Å². The first-order valence-corrected chi connectivity index (χ1v) is 17.5. The maximum Gasteiger partial charge on any atom is 0.193 e. The highest BCUT2D eigenvalue weighted by atomic mass is 16.5. The van der Waals surface area contributed by atoms with E-state index >= 15 is 0 Å². The third-order valence-electron chi connectivity index (χ3n) is 8.46. The summed E-state index contributed by atoms with van der Waals surface area (Å²) in [5, 5.41) is 19.1. The van der Waals surface area contributed by atoms with Crippen LogP contribution in [0.1, 0.15) is 46.9 Å². The van der Waals surface area contributed by atoms with Gasteiger partial charge < -0.3 is 23.7 Å². The highest BCUT2D eigenvalue weighted by Crippen LogP contribution is 2.25. The molecule has 266 valence electrons. The van der Waals surface area contributed by atoms with Gasteiger partial charge in [0.2, 0.25) is 0 Å². The number of ether oxygens (including phenoxy) is 3. The molecule has 0 amide bonds. The molecule has 1 N–H and O–H groups in total. The quantitative estimate of drug-likeness (QED) is 0.0545. The third kappa shape index (κ3) is 9.82. The van der Waals surface area contributed by atoms with Gasteiger partial charge in [-0.05, 0) is 104 Å². The van der Waals surface area contributed by atoms with Crippen molar-refractivity contribution in [3.8, 4) is 28.6 Å². The summed E-state index contributed by atoms with van der Waals surface area (Å²) >= 11 is 0. The van der Waals surface area contributed by atoms with Crippen LogP contribution in [0.4, 0.5) is 0 Å². The van der Waals surface area contributed by atoms with E-state index in [1.807, 2.05) is 79.9 Å². The van der Waals surface area contributed by atoms with Crippen LogP contribution in [0.25, 0.3) is 28.4 Å². The van der Waals surface area contributed by atoms with E-state index in [2.05, 4.69) is 10.3 Å². The van der Waals surface area contributed by atoms with E-state index in [9.17, 15) is 14.7 Å². The minimum atomic E-state index is -0.236. The fraction of sp³-hybridized carbons (Fsp3) is 0.238. The van der Waals surface area contributed by atoms with E-state index in [1.165, 1.54) is 12.1 Å². The van der Waals surface area contributed by atoms with Gasteiger partial charge in [-0.25, -0.2) is 4.68 Å². The maximum atomic E-state index is 12.6. The summed E-state index contributed by atoms with van der Waals surface area (Å²) in [5.74, 6) is 1.73. The Morgan fingerprint density at radius 3 is 2.44 bits per heavy atom. The number of rotatable bonds is 18. The monoisotopic (exact) mass is 699 g/mol. The minimum absolute atomic E-state index is 0.0123. The number of carbonyl (C=O) groups excluding carboxylic acids is 1. The molecule has 2 aromatic heterocycles. The number of fused-ring (bicyclic) bond motifs is 1. The molecule has 4 aromatic carbocycles. The van der Waals surface area contributed by atoms with Crippen LogP contribution in [0.15, 0.2) is 119 Å². The molecule has 0 saturated carbocycles. The van der Waals surface area contributed by atoms with Crippen LogP contribution in [-0.4, -0.2) is 52.3 Å². The van der Waals surface area contributed by atoms with Gasteiger partial charge in [-0.15, -0.1) is 5.10 Å². The van der Waals surface area contributed by atoms with E-state index in [0.717, 1.165) is 53.8 Å². The number of hydrogen-bond donors (Lipinski definition) is 1. The lowest BCUT2D eigenvalue weighted by molar-refractivity contribution is 0.0923. The largest absolute Gasteiger partial charge is 0.507 e. The van der Waals surface area contributed by atoms with Crippen molar-refractivity contribution in [3.63, 3.8) is 0 Å². The number of aromatic hydroxyl groups is 1. The summed E-state index contributed by atoms with van der Waals surface area (Å²) in [6.07, 6.45) is 8.53. The molecule has 10 nitrogen and oxygen atoms in total. The Labute approximate surface area is 301 Å².